The van der Waals surface area contributed by atoms with Gasteiger partial charge in [0, 0.05) is 6.92 Å². The fourth-order valence-electron chi connectivity index (χ4n) is 2.98. The lowest BCUT2D eigenvalue weighted by atomic mass is 9.95. The molecule has 0 radical (unpaired) electrons. The first kappa shape index (κ1) is 21.4. The predicted molar refractivity (Wildman–Crippen MR) is 80.2 cm³/mol. The Hall–Kier alpha value is -0.930. The van der Waals surface area contributed by atoms with E-state index in [1.54, 1.807) is 0 Å². The summed E-state index contributed by atoms with van der Waals surface area (Å²) < 4.78 is 15.7. The Bertz CT molecular complexity index is 478. The molecule has 0 spiro atoms. The summed E-state index contributed by atoms with van der Waals surface area (Å²) in [5.41, 5.74) is 0. The molecule has 10 atom stereocenters. The Morgan fingerprint density at radius 2 is 1.54 bits per heavy atom. The molecule has 2 saturated heterocycles. The van der Waals surface area contributed by atoms with Crippen molar-refractivity contribution in [3.05, 3.63) is 0 Å². The van der Waals surface area contributed by atoms with Gasteiger partial charge in [0.2, 0.25) is 5.91 Å². The molecule has 152 valence electrons. The van der Waals surface area contributed by atoms with E-state index in [1.165, 1.54) is 0 Å². The summed E-state index contributed by atoms with van der Waals surface area (Å²) in [6.45, 7) is -0.195. The zero-order chi connectivity index (χ0) is 19.6. The maximum atomic E-state index is 11.2. The van der Waals surface area contributed by atoms with Crippen molar-refractivity contribution < 1.29 is 54.8 Å². The van der Waals surface area contributed by atoms with Crippen LogP contribution in [0.1, 0.15) is 6.92 Å². The van der Waals surface area contributed by atoms with Crippen molar-refractivity contribution in [2.45, 2.75) is 68.3 Å². The van der Waals surface area contributed by atoms with Crippen LogP contribution in [-0.4, -0.2) is 116 Å². The van der Waals surface area contributed by atoms with Crippen molar-refractivity contribution in [2.75, 3.05) is 13.2 Å². The molecule has 1 amide bonds. The molecule has 12 heteroatoms. The zero-order valence-corrected chi connectivity index (χ0v) is 14.0. The van der Waals surface area contributed by atoms with Crippen LogP contribution in [0.4, 0.5) is 0 Å². The number of carbonyl (C=O) groups excluding carboxylic acids is 1. The number of aliphatic hydroxyl groups is 7. The van der Waals surface area contributed by atoms with Crippen molar-refractivity contribution in [1.29, 1.82) is 0 Å². The third-order valence-electron chi connectivity index (χ3n) is 4.38. The van der Waals surface area contributed by atoms with Crippen molar-refractivity contribution in [3.8, 4) is 0 Å². The van der Waals surface area contributed by atoms with Crippen LogP contribution in [0, 0.1) is 0 Å². The SMILES string of the molecule is CC(=O)N[C@@H]1[C@@H](O)[C@H](O[C@@H]2O[C@H](CO)[C@@H](O)[C@H](O)[C@@H]2O)[C@@H](CO)O[C@@H]1O. The molecule has 0 bridgehead atoms. The number of amides is 1. The summed E-state index contributed by atoms with van der Waals surface area (Å²) in [4.78, 5) is 11.2. The standard InChI is InChI=1S/C14H25NO11/c1-4(18)15-7-9(20)12(6(3-17)24-13(7)23)26-14-11(22)10(21)8(19)5(2-16)25-14/h5-14,16-17,19-23H,2-3H2,1H3,(H,15,18)/t5-,6-,7-,8-,9-,10+,11+,12-,13+,14+/m1/s1. The van der Waals surface area contributed by atoms with Crippen molar-refractivity contribution in [2.24, 2.45) is 0 Å². The largest absolute Gasteiger partial charge is 0.394 e. The molecule has 2 aliphatic rings. The number of rotatable bonds is 5. The Kier molecular flexibility index (Phi) is 7.27. The molecule has 26 heavy (non-hydrogen) atoms. The van der Waals surface area contributed by atoms with Gasteiger partial charge < -0.3 is 55.3 Å². The Morgan fingerprint density at radius 1 is 0.923 bits per heavy atom. The minimum absolute atomic E-state index is 0.564. The highest BCUT2D eigenvalue weighted by atomic mass is 16.7. The first-order valence-electron chi connectivity index (χ1n) is 8.06. The van der Waals surface area contributed by atoms with E-state index in [0.29, 0.717) is 0 Å². The first-order chi connectivity index (χ1) is 12.2. The maximum Gasteiger partial charge on any atom is 0.217 e. The van der Waals surface area contributed by atoms with Crippen LogP contribution in [-0.2, 0) is 19.0 Å². The average molecular weight is 383 g/mol. The lowest BCUT2D eigenvalue weighted by Crippen LogP contribution is -2.67. The molecule has 0 aromatic carbocycles. The second-order valence-electron chi connectivity index (χ2n) is 6.26. The van der Waals surface area contributed by atoms with E-state index in [2.05, 4.69) is 5.32 Å². The van der Waals surface area contributed by atoms with Gasteiger partial charge in [-0.3, -0.25) is 4.79 Å². The van der Waals surface area contributed by atoms with Gasteiger partial charge in [-0.25, -0.2) is 0 Å². The number of hydrogen-bond acceptors (Lipinski definition) is 11. The fourth-order valence-corrected chi connectivity index (χ4v) is 2.98. The number of nitrogens with one attached hydrogen (secondary N) is 1. The monoisotopic (exact) mass is 383 g/mol. The second-order valence-corrected chi connectivity index (χ2v) is 6.26. The van der Waals surface area contributed by atoms with Crippen LogP contribution in [0.5, 0.6) is 0 Å². The third kappa shape index (κ3) is 4.31. The van der Waals surface area contributed by atoms with Crippen LogP contribution in [0.3, 0.4) is 0 Å². The van der Waals surface area contributed by atoms with Crippen LogP contribution in [0.25, 0.3) is 0 Å². The summed E-state index contributed by atoms with van der Waals surface area (Å²) in [5, 5.41) is 70.7. The first-order valence-corrected chi connectivity index (χ1v) is 8.06. The van der Waals surface area contributed by atoms with E-state index >= 15 is 0 Å². The van der Waals surface area contributed by atoms with Crippen molar-refractivity contribution in [1.82, 2.24) is 5.32 Å². The van der Waals surface area contributed by atoms with E-state index in [0.717, 1.165) is 6.92 Å². The Labute approximate surface area is 148 Å². The molecule has 0 unspecified atom stereocenters. The van der Waals surface area contributed by atoms with Gasteiger partial charge in [0.05, 0.1) is 13.2 Å². The topological polar surface area (TPSA) is 198 Å². The highest BCUT2D eigenvalue weighted by molar-refractivity contribution is 5.73. The number of ether oxygens (including phenoxy) is 3. The number of carbonyl (C=O) groups is 1. The molecule has 8 N–H and O–H groups in total. The summed E-state index contributed by atoms with van der Waals surface area (Å²) in [6, 6.07) is -1.29. The Balaban J connectivity index is 2.16. The quantitative estimate of drug-likeness (QED) is 0.226. The summed E-state index contributed by atoms with van der Waals surface area (Å²) in [6.07, 6.45) is -13.6. The minimum Gasteiger partial charge on any atom is -0.394 e. The third-order valence-corrected chi connectivity index (χ3v) is 4.38. The normalized spacial score (nSPS) is 46.8. The van der Waals surface area contributed by atoms with Gasteiger partial charge in [-0.05, 0) is 0 Å². The molecule has 2 aliphatic heterocycles. The van der Waals surface area contributed by atoms with Crippen LogP contribution in [0.15, 0.2) is 0 Å². The highest BCUT2D eigenvalue weighted by Crippen LogP contribution is 2.28. The van der Waals surface area contributed by atoms with Crippen LogP contribution >= 0.6 is 0 Å². The van der Waals surface area contributed by atoms with Gasteiger partial charge in [0.15, 0.2) is 12.6 Å². The van der Waals surface area contributed by atoms with Gasteiger partial charge in [0.1, 0.15) is 48.8 Å². The van der Waals surface area contributed by atoms with Crippen molar-refractivity contribution in [3.63, 3.8) is 0 Å². The number of hydrogen-bond donors (Lipinski definition) is 8. The second kappa shape index (κ2) is 8.84. The minimum atomic E-state index is -1.73. The molecule has 2 fully saturated rings. The maximum absolute atomic E-state index is 11.2. The van der Waals surface area contributed by atoms with E-state index in [4.69, 9.17) is 14.2 Å². The van der Waals surface area contributed by atoms with E-state index in [9.17, 15) is 40.5 Å². The van der Waals surface area contributed by atoms with E-state index < -0.39 is 80.5 Å². The lowest BCUT2D eigenvalue weighted by Gasteiger charge is -2.46. The molecule has 0 aromatic rings. The van der Waals surface area contributed by atoms with Crippen LogP contribution in [0.2, 0.25) is 0 Å². The lowest BCUT2D eigenvalue weighted by molar-refractivity contribution is -0.345. The molecule has 0 aromatic heterocycles. The molecule has 0 aliphatic carbocycles. The van der Waals surface area contributed by atoms with E-state index in [1.807, 2.05) is 0 Å². The summed E-state index contributed by atoms with van der Waals surface area (Å²) in [5.74, 6) is -0.564. The predicted octanol–water partition coefficient (Wildman–Crippen LogP) is -5.25. The molecular formula is C14H25NO11. The summed E-state index contributed by atoms with van der Waals surface area (Å²) in [7, 11) is 0. The van der Waals surface area contributed by atoms with Gasteiger partial charge in [-0.2, -0.15) is 0 Å². The fraction of sp³-hybridized carbons (Fsp3) is 0.929. The summed E-state index contributed by atoms with van der Waals surface area (Å²) >= 11 is 0. The van der Waals surface area contributed by atoms with Gasteiger partial charge in [0.25, 0.3) is 0 Å². The molecule has 12 nitrogen and oxygen atoms in total. The van der Waals surface area contributed by atoms with Crippen LogP contribution < -0.4 is 5.32 Å². The molecule has 0 saturated carbocycles. The van der Waals surface area contributed by atoms with E-state index in [-0.39, 0.29) is 0 Å². The van der Waals surface area contributed by atoms with Gasteiger partial charge >= 0.3 is 0 Å². The van der Waals surface area contributed by atoms with Crippen molar-refractivity contribution >= 4 is 5.91 Å². The Morgan fingerprint density at radius 3 is 2.08 bits per heavy atom. The zero-order valence-electron chi connectivity index (χ0n) is 14.0. The smallest absolute Gasteiger partial charge is 0.217 e. The number of aliphatic hydroxyl groups excluding tert-OH is 7. The highest BCUT2D eigenvalue weighted by Gasteiger charge is 2.50. The van der Waals surface area contributed by atoms with Gasteiger partial charge in [-0.15, -0.1) is 0 Å². The molecule has 2 heterocycles. The average Bonchev–Trinajstić information content (AvgIpc) is 2.60. The molecular weight excluding hydrogens is 358 g/mol. The molecule has 2 rings (SSSR count). The van der Waals surface area contributed by atoms with Gasteiger partial charge in [-0.1, -0.05) is 0 Å².